The summed E-state index contributed by atoms with van der Waals surface area (Å²) in [6.45, 7) is 1.80. The Morgan fingerprint density at radius 3 is 3.06 bits per heavy atom. The standard InChI is InChI=1S/C11H12N2O2S2/c1-6(10(14)15-2)16-11-13-8-4-3-7(12)5-9(8)17-11/h3-6H,12H2,1-2H3. The van der Waals surface area contributed by atoms with Gasteiger partial charge < -0.3 is 10.5 Å². The summed E-state index contributed by atoms with van der Waals surface area (Å²) in [5, 5.41) is -0.252. The van der Waals surface area contributed by atoms with E-state index in [-0.39, 0.29) is 11.2 Å². The minimum Gasteiger partial charge on any atom is -0.468 e. The monoisotopic (exact) mass is 268 g/mol. The number of nitrogens with zero attached hydrogens (tertiary/aromatic N) is 1. The second kappa shape index (κ2) is 4.93. The third-order valence-electron chi connectivity index (χ3n) is 2.20. The number of esters is 1. The van der Waals surface area contributed by atoms with Gasteiger partial charge in [0.15, 0.2) is 4.34 Å². The van der Waals surface area contributed by atoms with Gasteiger partial charge in [-0.2, -0.15) is 0 Å². The van der Waals surface area contributed by atoms with Gasteiger partial charge in [0.2, 0.25) is 0 Å². The van der Waals surface area contributed by atoms with Crippen LogP contribution in [0.1, 0.15) is 6.92 Å². The van der Waals surface area contributed by atoms with Crippen molar-refractivity contribution in [2.24, 2.45) is 0 Å². The minimum atomic E-state index is -0.252. The van der Waals surface area contributed by atoms with Crippen LogP contribution in [0.25, 0.3) is 10.2 Å². The zero-order chi connectivity index (χ0) is 12.4. The highest BCUT2D eigenvalue weighted by Gasteiger charge is 2.16. The Balaban J connectivity index is 2.22. The van der Waals surface area contributed by atoms with Crippen molar-refractivity contribution in [3.8, 4) is 0 Å². The van der Waals surface area contributed by atoms with Crippen LogP contribution in [0.4, 0.5) is 5.69 Å². The maximum Gasteiger partial charge on any atom is 0.318 e. The SMILES string of the molecule is COC(=O)C(C)Sc1nc2ccc(N)cc2s1. The second-order valence-corrected chi connectivity index (χ2v) is 6.11. The lowest BCUT2D eigenvalue weighted by atomic mass is 10.3. The van der Waals surface area contributed by atoms with E-state index in [1.165, 1.54) is 30.2 Å². The summed E-state index contributed by atoms with van der Waals surface area (Å²) in [5.74, 6) is -0.242. The van der Waals surface area contributed by atoms with Crippen molar-refractivity contribution in [3.63, 3.8) is 0 Å². The van der Waals surface area contributed by atoms with Crippen LogP contribution in [0, 0.1) is 0 Å². The number of aromatic nitrogens is 1. The van der Waals surface area contributed by atoms with Gasteiger partial charge in [-0.15, -0.1) is 11.3 Å². The van der Waals surface area contributed by atoms with Crippen molar-refractivity contribution < 1.29 is 9.53 Å². The molecule has 0 spiro atoms. The number of methoxy groups -OCH3 is 1. The maximum absolute atomic E-state index is 11.3. The van der Waals surface area contributed by atoms with Gasteiger partial charge in [0.1, 0.15) is 5.25 Å². The first-order valence-corrected chi connectivity index (χ1v) is 6.70. The molecule has 0 saturated carbocycles. The number of thioether (sulfide) groups is 1. The average Bonchev–Trinajstić information content (AvgIpc) is 2.69. The molecule has 0 bridgehead atoms. The summed E-state index contributed by atoms with van der Waals surface area (Å²) in [6.07, 6.45) is 0. The number of hydrogen-bond donors (Lipinski definition) is 1. The highest BCUT2D eigenvalue weighted by atomic mass is 32.2. The first-order valence-electron chi connectivity index (χ1n) is 5.00. The number of hydrogen-bond acceptors (Lipinski definition) is 6. The summed E-state index contributed by atoms with van der Waals surface area (Å²) in [5.41, 5.74) is 7.33. The van der Waals surface area contributed by atoms with E-state index >= 15 is 0 Å². The van der Waals surface area contributed by atoms with Crippen LogP contribution in [0.15, 0.2) is 22.5 Å². The maximum atomic E-state index is 11.3. The quantitative estimate of drug-likeness (QED) is 0.526. The molecule has 0 amide bonds. The number of ether oxygens (including phenoxy) is 1. The number of nitrogens with two attached hydrogens (primary N) is 1. The molecule has 0 radical (unpaired) electrons. The predicted molar refractivity (Wildman–Crippen MR) is 71.4 cm³/mol. The molecular weight excluding hydrogens is 256 g/mol. The fourth-order valence-corrected chi connectivity index (χ4v) is 3.62. The van der Waals surface area contributed by atoms with Crippen molar-refractivity contribution in [2.45, 2.75) is 16.5 Å². The number of rotatable bonds is 3. The van der Waals surface area contributed by atoms with Gasteiger partial charge in [-0.1, -0.05) is 11.8 Å². The van der Waals surface area contributed by atoms with Crippen LogP contribution >= 0.6 is 23.1 Å². The van der Waals surface area contributed by atoms with Gasteiger partial charge in [0, 0.05) is 5.69 Å². The van der Waals surface area contributed by atoms with Gasteiger partial charge in [0.05, 0.1) is 17.3 Å². The van der Waals surface area contributed by atoms with Gasteiger partial charge in [-0.25, -0.2) is 4.98 Å². The summed E-state index contributed by atoms with van der Waals surface area (Å²) in [6, 6.07) is 5.59. The number of carbonyl (C=O) groups excluding carboxylic acids is 1. The average molecular weight is 268 g/mol. The van der Waals surface area contributed by atoms with Crippen LogP contribution in [0.5, 0.6) is 0 Å². The third kappa shape index (κ3) is 2.70. The van der Waals surface area contributed by atoms with E-state index in [0.29, 0.717) is 0 Å². The Morgan fingerprint density at radius 1 is 1.59 bits per heavy atom. The largest absolute Gasteiger partial charge is 0.468 e. The molecule has 2 aromatic rings. The third-order valence-corrected chi connectivity index (χ3v) is 4.39. The molecule has 0 fully saturated rings. The fraction of sp³-hybridized carbons (Fsp3) is 0.273. The Hall–Kier alpha value is -1.27. The Labute approximate surface area is 107 Å². The minimum absolute atomic E-state index is 0.242. The van der Waals surface area contributed by atoms with Crippen LogP contribution in [0.3, 0.4) is 0 Å². The first-order chi connectivity index (χ1) is 8.10. The summed E-state index contributed by atoms with van der Waals surface area (Å²) >= 11 is 2.93. The molecule has 4 nitrogen and oxygen atoms in total. The molecule has 1 heterocycles. The summed E-state index contributed by atoms with van der Waals surface area (Å²) in [4.78, 5) is 15.7. The number of thiazole rings is 1. The molecule has 2 N–H and O–H groups in total. The molecule has 6 heteroatoms. The second-order valence-electron chi connectivity index (χ2n) is 3.49. The molecule has 0 aliphatic carbocycles. The lowest BCUT2D eigenvalue weighted by molar-refractivity contribution is -0.139. The Morgan fingerprint density at radius 2 is 2.35 bits per heavy atom. The molecule has 1 aromatic heterocycles. The Bertz CT molecular complexity index is 553. The van der Waals surface area contributed by atoms with Crippen molar-refractivity contribution >= 4 is 45.0 Å². The molecule has 0 aliphatic rings. The van der Waals surface area contributed by atoms with Crippen molar-refractivity contribution in [1.82, 2.24) is 4.98 Å². The zero-order valence-electron chi connectivity index (χ0n) is 9.47. The molecule has 1 unspecified atom stereocenters. The molecule has 1 atom stereocenters. The Kier molecular flexibility index (Phi) is 3.54. The molecule has 1 aromatic carbocycles. The highest BCUT2D eigenvalue weighted by Crippen LogP contribution is 2.33. The molecule has 17 heavy (non-hydrogen) atoms. The van der Waals surface area contributed by atoms with Crippen molar-refractivity contribution in [2.75, 3.05) is 12.8 Å². The van der Waals surface area contributed by atoms with Crippen LogP contribution in [-0.2, 0) is 9.53 Å². The zero-order valence-corrected chi connectivity index (χ0v) is 11.1. The lowest BCUT2D eigenvalue weighted by Gasteiger charge is -2.05. The van der Waals surface area contributed by atoms with E-state index in [1.807, 2.05) is 18.2 Å². The van der Waals surface area contributed by atoms with Crippen molar-refractivity contribution in [1.29, 1.82) is 0 Å². The number of benzene rings is 1. The number of fused-ring (bicyclic) bond motifs is 1. The van der Waals surface area contributed by atoms with E-state index in [4.69, 9.17) is 5.73 Å². The van der Waals surface area contributed by atoms with E-state index in [1.54, 1.807) is 6.92 Å². The number of nitrogen functional groups attached to an aromatic ring is 1. The number of anilines is 1. The topological polar surface area (TPSA) is 65.2 Å². The normalized spacial score (nSPS) is 12.6. The van der Waals surface area contributed by atoms with Gasteiger partial charge >= 0.3 is 5.97 Å². The summed E-state index contributed by atoms with van der Waals surface area (Å²) in [7, 11) is 1.39. The molecule has 2 rings (SSSR count). The first kappa shape index (κ1) is 12.2. The van der Waals surface area contributed by atoms with Gasteiger partial charge in [-0.3, -0.25) is 4.79 Å². The summed E-state index contributed by atoms with van der Waals surface area (Å²) < 4.78 is 6.56. The molecule has 0 aliphatic heterocycles. The van der Waals surface area contributed by atoms with Crippen LogP contribution in [0.2, 0.25) is 0 Å². The lowest BCUT2D eigenvalue weighted by Crippen LogP contribution is -2.14. The van der Waals surface area contributed by atoms with Gasteiger partial charge in [-0.05, 0) is 25.1 Å². The van der Waals surface area contributed by atoms with Gasteiger partial charge in [0.25, 0.3) is 0 Å². The molecular formula is C11H12N2O2S2. The van der Waals surface area contributed by atoms with Crippen LogP contribution in [-0.4, -0.2) is 23.3 Å². The molecule has 90 valence electrons. The fourth-order valence-electron chi connectivity index (χ4n) is 1.34. The molecule has 0 saturated heterocycles. The predicted octanol–water partition coefficient (Wildman–Crippen LogP) is 2.53. The number of carbonyl (C=O) groups is 1. The smallest absolute Gasteiger partial charge is 0.318 e. The van der Waals surface area contributed by atoms with E-state index in [2.05, 4.69) is 9.72 Å². The van der Waals surface area contributed by atoms with Crippen LogP contribution < -0.4 is 5.73 Å². The highest BCUT2D eigenvalue weighted by molar-refractivity contribution is 8.02. The van der Waals surface area contributed by atoms with E-state index in [0.717, 1.165) is 20.2 Å². The van der Waals surface area contributed by atoms with Crippen molar-refractivity contribution in [3.05, 3.63) is 18.2 Å². The van der Waals surface area contributed by atoms with E-state index < -0.39 is 0 Å². The van der Waals surface area contributed by atoms with E-state index in [9.17, 15) is 4.79 Å².